The van der Waals surface area contributed by atoms with Gasteiger partial charge in [-0.2, -0.15) is 0 Å². The minimum atomic E-state index is 0.374. The average molecular weight is 226 g/mol. The van der Waals surface area contributed by atoms with Crippen molar-refractivity contribution in [3.05, 3.63) is 42.1 Å². The van der Waals surface area contributed by atoms with Crippen molar-refractivity contribution >= 4 is 10.9 Å². The number of fused-ring (bicyclic) bond motifs is 1. The summed E-state index contributed by atoms with van der Waals surface area (Å²) in [5.41, 5.74) is 2.94. The SMILES string of the molecule is CNCC1(c2ccc3ncccc3c2)CCC1. The first-order chi connectivity index (χ1) is 8.34. The molecule has 1 aliphatic rings. The zero-order chi connectivity index (χ0) is 11.7. The van der Waals surface area contributed by atoms with E-state index in [2.05, 4.69) is 34.6 Å². The van der Waals surface area contributed by atoms with E-state index in [1.165, 1.54) is 30.2 Å². The Morgan fingerprint density at radius 3 is 2.88 bits per heavy atom. The predicted molar refractivity (Wildman–Crippen MR) is 71.2 cm³/mol. The van der Waals surface area contributed by atoms with Gasteiger partial charge in [-0.05, 0) is 43.7 Å². The van der Waals surface area contributed by atoms with Crippen molar-refractivity contribution in [2.45, 2.75) is 24.7 Å². The van der Waals surface area contributed by atoms with Crippen LogP contribution in [0.2, 0.25) is 0 Å². The quantitative estimate of drug-likeness (QED) is 0.870. The molecule has 0 unspecified atom stereocenters. The number of nitrogens with zero attached hydrogens (tertiary/aromatic N) is 1. The van der Waals surface area contributed by atoms with Gasteiger partial charge >= 0.3 is 0 Å². The topological polar surface area (TPSA) is 24.9 Å². The van der Waals surface area contributed by atoms with Gasteiger partial charge in [0.15, 0.2) is 0 Å². The minimum Gasteiger partial charge on any atom is -0.319 e. The number of hydrogen-bond donors (Lipinski definition) is 1. The molecule has 1 N–H and O–H groups in total. The lowest BCUT2D eigenvalue weighted by atomic mass is 9.64. The molecule has 2 aromatic rings. The number of rotatable bonds is 3. The smallest absolute Gasteiger partial charge is 0.0702 e. The molecular weight excluding hydrogens is 208 g/mol. The summed E-state index contributed by atoms with van der Waals surface area (Å²) in [5.74, 6) is 0. The second kappa shape index (κ2) is 4.11. The largest absolute Gasteiger partial charge is 0.319 e. The van der Waals surface area contributed by atoms with Crippen molar-refractivity contribution in [3.63, 3.8) is 0 Å². The van der Waals surface area contributed by atoms with Crippen LogP contribution >= 0.6 is 0 Å². The molecule has 17 heavy (non-hydrogen) atoms. The van der Waals surface area contributed by atoms with Gasteiger partial charge in [-0.1, -0.05) is 18.6 Å². The molecule has 0 amide bonds. The molecule has 0 spiro atoms. The van der Waals surface area contributed by atoms with Crippen molar-refractivity contribution < 1.29 is 0 Å². The van der Waals surface area contributed by atoms with E-state index in [0.717, 1.165) is 12.1 Å². The second-order valence-electron chi connectivity index (χ2n) is 5.08. The van der Waals surface area contributed by atoms with Gasteiger partial charge in [0.1, 0.15) is 0 Å². The molecule has 1 heterocycles. The molecule has 0 saturated heterocycles. The van der Waals surface area contributed by atoms with Crippen LogP contribution in [0.25, 0.3) is 10.9 Å². The van der Waals surface area contributed by atoms with Crippen LogP contribution in [0.3, 0.4) is 0 Å². The van der Waals surface area contributed by atoms with E-state index in [1.54, 1.807) is 0 Å². The number of aromatic nitrogens is 1. The van der Waals surface area contributed by atoms with Crippen molar-refractivity contribution in [3.8, 4) is 0 Å². The summed E-state index contributed by atoms with van der Waals surface area (Å²) in [5, 5.41) is 4.60. The highest BCUT2D eigenvalue weighted by molar-refractivity contribution is 5.79. The second-order valence-corrected chi connectivity index (χ2v) is 5.08. The maximum absolute atomic E-state index is 4.38. The Kier molecular flexibility index (Phi) is 2.60. The molecular formula is C15H18N2. The van der Waals surface area contributed by atoms with Crippen molar-refractivity contribution in [2.75, 3.05) is 13.6 Å². The fourth-order valence-electron chi connectivity index (χ4n) is 2.91. The molecule has 0 radical (unpaired) electrons. The molecule has 0 atom stereocenters. The Morgan fingerprint density at radius 2 is 2.18 bits per heavy atom. The highest BCUT2D eigenvalue weighted by Gasteiger charge is 2.37. The van der Waals surface area contributed by atoms with E-state index < -0.39 is 0 Å². The highest BCUT2D eigenvalue weighted by atomic mass is 14.8. The molecule has 1 fully saturated rings. The van der Waals surface area contributed by atoms with Crippen LogP contribution in [0.4, 0.5) is 0 Å². The zero-order valence-corrected chi connectivity index (χ0v) is 10.2. The van der Waals surface area contributed by atoms with Gasteiger partial charge in [-0.25, -0.2) is 0 Å². The van der Waals surface area contributed by atoms with Crippen LogP contribution in [0, 0.1) is 0 Å². The van der Waals surface area contributed by atoms with E-state index in [4.69, 9.17) is 0 Å². The monoisotopic (exact) mass is 226 g/mol. The Balaban J connectivity index is 2.05. The first kappa shape index (κ1) is 10.7. The molecule has 3 rings (SSSR count). The summed E-state index contributed by atoms with van der Waals surface area (Å²) in [6, 6.07) is 10.9. The van der Waals surface area contributed by atoms with Gasteiger partial charge in [-0.15, -0.1) is 0 Å². The van der Waals surface area contributed by atoms with Crippen molar-refractivity contribution in [2.24, 2.45) is 0 Å². The number of benzene rings is 1. The van der Waals surface area contributed by atoms with Gasteiger partial charge in [-0.3, -0.25) is 4.98 Å². The lowest BCUT2D eigenvalue weighted by Gasteiger charge is -2.42. The van der Waals surface area contributed by atoms with E-state index in [0.29, 0.717) is 5.41 Å². The third-order valence-corrected chi connectivity index (χ3v) is 4.04. The van der Waals surface area contributed by atoms with Gasteiger partial charge in [0, 0.05) is 23.5 Å². The molecule has 2 heteroatoms. The lowest BCUT2D eigenvalue weighted by Crippen LogP contribution is -2.42. The predicted octanol–water partition coefficient (Wildman–Crippen LogP) is 2.88. The number of likely N-dealkylation sites (N-methyl/N-ethyl adjacent to an activating group) is 1. The molecule has 1 saturated carbocycles. The molecule has 1 aliphatic carbocycles. The van der Waals surface area contributed by atoms with Crippen LogP contribution in [0.5, 0.6) is 0 Å². The van der Waals surface area contributed by atoms with E-state index in [1.807, 2.05) is 19.3 Å². The first-order valence-electron chi connectivity index (χ1n) is 6.34. The molecule has 0 bridgehead atoms. The van der Waals surface area contributed by atoms with E-state index >= 15 is 0 Å². The summed E-state index contributed by atoms with van der Waals surface area (Å²) < 4.78 is 0. The molecule has 2 nitrogen and oxygen atoms in total. The van der Waals surface area contributed by atoms with Crippen LogP contribution < -0.4 is 5.32 Å². The van der Waals surface area contributed by atoms with Crippen LogP contribution in [0.15, 0.2) is 36.5 Å². The van der Waals surface area contributed by atoms with Crippen LogP contribution in [-0.4, -0.2) is 18.6 Å². The van der Waals surface area contributed by atoms with Crippen molar-refractivity contribution in [1.29, 1.82) is 0 Å². The number of nitrogens with one attached hydrogen (secondary N) is 1. The molecule has 0 aliphatic heterocycles. The number of pyridine rings is 1. The summed E-state index contributed by atoms with van der Waals surface area (Å²) >= 11 is 0. The fourth-order valence-corrected chi connectivity index (χ4v) is 2.91. The Hall–Kier alpha value is -1.41. The van der Waals surface area contributed by atoms with Gasteiger partial charge < -0.3 is 5.32 Å². The number of hydrogen-bond acceptors (Lipinski definition) is 2. The summed E-state index contributed by atoms with van der Waals surface area (Å²) in [7, 11) is 2.04. The average Bonchev–Trinajstić information content (AvgIpc) is 2.33. The summed E-state index contributed by atoms with van der Waals surface area (Å²) in [6.07, 6.45) is 5.82. The molecule has 1 aromatic heterocycles. The zero-order valence-electron chi connectivity index (χ0n) is 10.2. The van der Waals surface area contributed by atoms with E-state index in [9.17, 15) is 0 Å². The Morgan fingerprint density at radius 1 is 1.29 bits per heavy atom. The van der Waals surface area contributed by atoms with Gasteiger partial charge in [0.2, 0.25) is 0 Å². The fraction of sp³-hybridized carbons (Fsp3) is 0.400. The molecule has 1 aromatic carbocycles. The lowest BCUT2D eigenvalue weighted by molar-refractivity contribution is 0.239. The van der Waals surface area contributed by atoms with Gasteiger partial charge in [0.05, 0.1) is 5.52 Å². The normalized spacial score (nSPS) is 17.9. The first-order valence-corrected chi connectivity index (χ1v) is 6.34. The highest BCUT2D eigenvalue weighted by Crippen LogP contribution is 2.43. The Bertz CT molecular complexity index is 529. The van der Waals surface area contributed by atoms with Crippen LogP contribution in [0.1, 0.15) is 24.8 Å². The van der Waals surface area contributed by atoms with E-state index in [-0.39, 0.29) is 0 Å². The standard InChI is InChI=1S/C15H18N2/c1-16-11-15(7-3-8-15)13-5-6-14-12(10-13)4-2-9-17-14/h2,4-6,9-10,16H,3,7-8,11H2,1H3. The third kappa shape index (κ3) is 1.73. The van der Waals surface area contributed by atoms with Gasteiger partial charge in [0.25, 0.3) is 0 Å². The van der Waals surface area contributed by atoms with Crippen LogP contribution in [-0.2, 0) is 5.41 Å². The minimum absolute atomic E-state index is 0.374. The van der Waals surface area contributed by atoms with Crippen molar-refractivity contribution in [1.82, 2.24) is 10.3 Å². The third-order valence-electron chi connectivity index (χ3n) is 4.04. The summed E-state index contributed by atoms with van der Waals surface area (Å²) in [4.78, 5) is 4.38. The molecule has 88 valence electrons. The Labute approximate surface area is 102 Å². The maximum atomic E-state index is 4.38. The summed E-state index contributed by atoms with van der Waals surface area (Å²) in [6.45, 7) is 1.08. The maximum Gasteiger partial charge on any atom is 0.0702 e.